The minimum Gasteiger partial charge on any atom is -0.271 e. The number of benzene rings is 3. The normalized spacial score (nSPS) is 11.7. The molecule has 1 N–H and O–H groups in total. The average Bonchev–Trinajstić information content (AvgIpc) is 2.83. The Morgan fingerprint density at radius 3 is 2.32 bits per heavy atom. The summed E-state index contributed by atoms with van der Waals surface area (Å²) < 4.78 is 27.6. The van der Waals surface area contributed by atoms with Crippen LogP contribution in [-0.2, 0) is 14.8 Å². The summed E-state index contributed by atoms with van der Waals surface area (Å²) in [5.74, 6) is -0.683. The molecule has 0 aromatic heterocycles. The number of hydrogen-bond donors (Lipinski definition) is 1. The van der Waals surface area contributed by atoms with Crippen LogP contribution in [0.4, 0.5) is 11.4 Å². The molecule has 0 saturated carbocycles. The van der Waals surface area contributed by atoms with Gasteiger partial charge in [0.25, 0.3) is 21.6 Å². The number of nitrogens with one attached hydrogen (secondary N) is 1. The molecule has 0 spiro atoms. The molecule has 11 heteroatoms. The second-order valence-corrected chi connectivity index (χ2v) is 9.56. The summed E-state index contributed by atoms with van der Waals surface area (Å²) in [6.07, 6.45) is 0. The van der Waals surface area contributed by atoms with Crippen LogP contribution in [0, 0.1) is 17.0 Å². The third-order valence-electron chi connectivity index (χ3n) is 4.91. The van der Waals surface area contributed by atoms with Crippen molar-refractivity contribution in [3.8, 4) is 0 Å². The molecule has 0 saturated heterocycles. The summed E-state index contributed by atoms with van der Waals surface area (Å²) in [4.78, 5) is 23.0. The highest BCUT2D eigenvalue weighted by Crippen LogP contribution is 2.28. The lowest BCUT2D eigenvalue weighted by atomic mass is 10.1. The van der Waals surface area contributed by atoms with Crippen LogP contribution in [0.5, 0.6) is 0 Å². The van der Waals surface area contributed by atoms with Crippen LogP contribution in [-0.4, -0.2) is 31.5 Å². The SMILES string of the molecule is C/C(=N/NC(=O)CN(c1ccc(C)c(Cl)c1)S(=O)(=O)c1ccccc1)c1ccc([N+](=O)[O-])cc1. The van der Waals surface area contributed by atoms with Crippen LogP contribution in [0.25, 0.3) is 0 Å². The van der Waals surface area contributed by atoms with E-state index in [4.69, 9.17) is 11.6 Å². The topological polar surface area (TPSA) is 122 Å². The zero-order valence-electron chi connectivity index (χ0n) is 18.3. The van der Waals surface area contributed by atoms with Gasteiger partial charge in [0.15, 0.2) is 0 Å². The average molecular weight is 501 g/mol. The number of halogens is 1. The highest BCUT2D eigenvalue weighted by Gasteiger charge is 2.27. The van der Waals surface area contributed by atoms with E-state index in [2.05, 4.69) is 10.5 Å². The lowest BCUT2D eigenvalue weighted by Crippen LogP contribution is -2.39. The van der Waals surface area contributed by atoms with E-state index in [0.717, 1.165) is 9.87 Å². The van der Waals surface area contributed by atoms with Gasteiger partial charge in [0.2, 0.25) is 0 Å². The Hall–Kier alpha value is -3.76. The van der Waals surface area contributed by atoms with E-state index in [1.807, 2.05) is 0 Å². The molecule has 176 valence electrons. The van der Waals surface area contributed by atoms with Crippen LogP contribution in [0.3, 0.4) is 0 Å². The van der Waals surface area contributed by atoms with Crippen molar-refractivity contribution in [2.24, 2.45) is 5.10 Å². The fraction of sp³-hybridized carbons (Fsp3) is 0.130. The number of carbonyl (C=O) groups is 1. The van der Waals surface area contributed by atoms with Crippen LogP contribution in [0.2, 0.25) is 5.02 Å². The second-order valence-electron chi connectivity index (χ2n) is 7.29. The second kappa shape index (κ2) is 10.4. The molecule has 1 amide bonds. The third-order valence-corrected chi connectivity index (χ3v) is 7.10. The third kappa shape index (κ3) is 5.77. The zero-order chi connectivity index (χ0) is 24.9. The van der Waals surface area contributed by atoms with Gasteiger partial charge in [0.1, 0.15) is 6.54 Å². The molecule has 3 rings (SSSR count). The van der Waals surface area contributed by atoms with Crippen LogP contribution < -0.4 is 9.73 Å². The molecule has 0 aliphatic rings. The van der Waals surface area contributed by atoms with Crippen molar-refractivity contribution < 1.29 is 18.1 Å². The van der Waals surface area contributed by atoms with Gasteiger partial charge in [-0.15, -0.1) is 0 Å². The molecule has 0 aliphatic carbocycles. The minimum atomic E-state index is -4.08. The molecule has 3 aromatic rings. The number of amides is 1. The summed E-state index contributed by atoms with van der Waals surface area (Å²) in [5.41, 5.74) is 4.21. The number of hydrazone groups is 1. The maximum absolute atomic E-state index is 13.3. The largest absolute Gasteiger partial charge is 0.271 e. The van der Waals surface area contributed by atoms with Gasteiger partial charge in [-0.05, 0) is 61.4 Å². The zero-order valence-corrected chi connectivity index (χ0v) is 19.9. The van der Waals surface area contributed by atoms with Gasteiger partial charge in [0.05, 0.1) is 21.2 Å². The van der Waals surface area contributed by atoms with Crippen molar-refractivity contribution >= 4 is 44.6 Å². The van der Waals surface area contributed by atoms with Gasteiger partial charge < -0.3 is 0 Å². The highest BCUT2D eigenvalue weighted by molar-refractivity contribution is 7.92. The first-order chi connectivity index (χ1) is 16.1. The van der Waals surface area contributed by atoms with Crippen LogP contribution >= 0.6 is 11.6 Å². The summed E-state index contributed by atoms with van der Waals surface area (Å²) >= 11 is 6.21. The van der Waals surface area contributed by atoms with Crippen molar-refractivity contribution in [3.05, 3.63) is 99.1 Å². The van der Waals surface area contributed by atoms with Crippen LogP contribution in [0.1, 0.15) is 18.1 Å². The number of carbonyl (C=O) groups excluding carboxylic acids is 1. The first-order valence-corrected chi connectivity index (χ1v) is 11.8. The van der Waals surface area contributed by atoms with Gasteiger partial charge in [-0.2, -0.15) is 5.10 Å². The van der Waals surface area contributed by atoms with Gasteiger partial charge in [-0.3, -0.25) is 19.2 Å². The molecule has 0 bridgehead atoms. The van der Waals surface area contributed by atoms with Crippen molar-refractivity contribution in [2.75, 3.05) is 10.8 Å². The smallest absolute Gasteiger partial charge is 0.269 e. The van der Waals surface area contributed by atoms with Crippen molar-refractivity contribution in [1.29, 1.82) is 0 Å². The first kappa shape index (κ1) is 24.9. The van der Waals surface area contributed by atoms with Crippen molar-refractivity contribution in [2.45, 2.75) is 18.7 Å². The first-order valence-electron chi connectivity index (χ1n) is 10.0. The van der Waals surface area contributed by atoms with Gasteiger partial charge in [-0.25, -0.2) is 13.8 Å². The van der Waals surface area contributed by atoms with Crippen LogP contribution in [0.15, 0.2) is 82.8 Å². The Kier molecular flexibility index (Phi) is 7.64. The quantitative estimate of drug-likeness (QED) is 0.281. The summed E-state index contributed by atoms with van der Waals surface area (Å²) in [7, 11) is -4.08. The van der Waals surface area contributed by atoms with Crippen molar-refractivity contribution in [3.63, 3.8) is 0 Å². The summed E-state index contributed by atoms with van der Waals surface area (Å²) in [5, 5.41) is 15.2. The van der Waals surface area contributed by atoms with E-state index in [1.54, 1.807) is 44.2 Å². The Labute approximate surface area is 201 Å². The van der Waals surface area contributed by atoms with Crippen molar-refractivity contribution in [1.82, 2.24) is 5.43 Å². The molecular formula is C23H21ClN4O5S. The minimum absolute atomic E-state index is 0.0186. The fourth-order valence-electron chi connectivity index (χ4n) is 2.97. The summed E-state index contributed by atoms with van der Waals surface area (Å²) in [6, 6.07) is 18.1. The number of hydrogen-bond acceptors (Lipinski definition) is 6. The number of rotatable bonds is 8. The molecule has 0 radical (unpaired) electrons. The number of aryl methyl sites for hydroxylation is 1. The molecular weight excluding hydrogens is 480 g/mol. The number of nitro benzene ring substituents is 1. The van der Waals surface area contributed by atoms with E-state index >= 15 is 0 Å². The highest BCUT2D eigenvalue weighted by atomic mass is 35.5. The van der Waals surface area contributed by atoms with Gasteiger partial charge in [0, 0.05) is 17.2 Å². The van der Waals surface area contributed by atoms with Gasteiger partial charge >= 0.3 is 0 Å². The monoisotopic (exact) mass is 500 g/mol. The molecule has 0 heterocycles. The number of sulfonamides is 1. The van der Waals surface area contributed by atoms with Gasteiger partial charge in [-0.1, -0.05) is 35.9 Å². The number of anilines is 1. The lowest BCUT2D eigenvalue weighted by molar-refractivity contribution is -0.384. The standard InChI is InChI=1S/C23H21ClN4O5S/c1-16-8-11-20(14-22(16)24)27(34(32,33)21-6-4-3-5-7-21)15-23(29)26-25-17(2)18-9-12-19(13-10-18)28(30)31/h3-14H,15H2,1-2H3,(H,26,29)/b25-17-. The van der Waals surface area contributed by atoms with E-state index in [-0.39, 0.29) is 16.3 Å². The Balaban J connectivity index is 1.85. The van der Waals surface area contributed by atoms with E-state index < -0.39 is 27.4 Å². The Bertz CT molecular complexity index is 1340. The van der Waals surface area contributed by atoms with E-state index in [1.165, 1.54) is 42.5 Å². The molecule has 3 aromatic carbocycles. The predicted molar refractivity (Wildman–Crippen MR) is 131 cm³/mol. The maximum atomic E-state index is 13.3. The molecule has 0 unspecified atom stereocenters. The maximum Gasteiger partial charge on any atom is 0.269 e. The number of nitro groups is 1. The number of nitrogens with zero attached hydrogens (tertiary/aromatic N) is 3. The lowest BCUT2D eigenvalue weighted by Gasteiger charge is -2.24. The molecule has 0 fully saturated rings. The Morgan fingerprint density at radius 2 is 1.74 bits per heavy atom. The fourth-order valence-corrected chi connectivity index (χ4v) is 4.58. The molecule has 34 heavy (non-hydrogen) atoms. The Morgan fingerprint density at radius 1 is 1.09 bits per heavy atom. The predicted octanol–water partition coefficient (Wildman–Crippen LogP) is 4.29. The summed E-state index contributed by atoms with van der Waals surface area (Å²) in [6.45, 7) is 2.85. The number of non-ortho nitro benzene ring substituents is 1. The molecule has 9 nitrogen and oxygen atoms in total. The van der Waals surface area contributed by atoms with E-state index in [0.29, 0.717) is 16.3 Å². The molecule has 0 aliphatic heterocycles. The molecule has 0 atom stereocenters. The van der Waals surface area contributed by atoms with E-state index in [9.17, 15) is 23.3 Å².